The number of imide groups is 1. The van der Waals surface area contributed by atoms with E-state index in [1.807, 2.05) is 6.07 Å². The van der Waals surface area contributed by atoms with Gasteiger partial charge in [0.2, 0.25) is 0 Å². The molecule has 1 atom stereocenters. The van der Waals surface area contributed by atoms with Crippen LogP contribution in [0.5, 0.6) is 11.5 Å². The lowest BCUT2D eigenvalue weighted by Gasteiger charge is -2.15. The van der Waals surface area contributed by atoms with Gasteiger partial charge in [-0.05, 0) is 17.7 Å². The Morgan fingerprint density at radius 1 is 1.00 bits per heavy atom. The summed E-state index contributed by atoms with van der Waals surface area (Å²) < 4.78 is 36.2. The number of carbonyl (C=O) groups is 2. The molecule has 1 aliphatic rings. The van der Waals surface area contributed by atoms with Crippen molar-refractivity contribution in [3.05, 3.63) is 54.1 Å². The summed E-state index contributed by atoms with van der Waals surface area (Å²) in [7, 11) is -1.61. The molecule has 1 fully saturated rings. The minimum Gasteiger partial charge on any atom is -0.493 e. The van der Waals surface area contributed by atoms with Crippen LogP contribution < -0.4 is 14.8 Å². The highest BCUT2D eigenvalue weighted by Crippen LogP contribution is 2.31. The third-order valence-electron chi connectivity index (χ3n) is 4.16. The van der Waals surface area contributed by atoms with Gasteiger partial charge in [-0.25, -0.2) is 13.2 Å². The monoisotopic (exact) mass is 390 g/mol. The minimum atomic E-state index is -4.38. The number of nitrogens with one attached hydrogen (secondary N) is 1. The third-order valence-corrected chi connectivity index (χ3v) is 5.83. The van der Waals surface area contributed by atoms with E-state index in [0.29, 0.717) is 5.75 Å². The molecule has 2 aromatic rings. The number of rotatable bonds is 6. The van der Waals surface area contributed by atoms with Crippen LogP contribution in [-0.4, -0.2) is 44.9 Å². The Morgan fingerprint density at radius 3 is 2.30 bits per heavy atom. The first kappa shape index (κ1) is 18.7. The van der Waals surface area contributed by atoms with Crippen LogP contribution in [0.15, 0.2) is 53.4 Å². The van der Waals surface area contributed by atoms with Gasteiger partial charge in [0.15, 0.2) is 11.5 Å². The van der Waals surface area contributed by atoms with Gasteiger partial charge < -0.3 is 14.8 Å². The molecule has 0 aliphatic carbocycles. The van der Waals surface area contributed by atoms with Gasteiger partial charge in [-0.15, -0.1) is 4.31 Å². The number of sulfonamides is 1. The minimum absolute atomic E-state index is 0.173. The van der Waals surface area contributed by atoms with E-state index < -0.39 is 28.0 Å². The van der Waals surface area contributed by atoms with E-state index in [1.165, 1.54) is 32.4 Å². The molecule has 1 N–H and O–H groups in total. The van der Waals surface area contributed by atoms with E-state index >= 15 is 0 Å². The quantitative estimate of drug-likeness (QED) is 0.751. The van der Waals surface area contributed by atoms with Crippen molar-refractivity contribution in [1.82, 2.24) is 9.62 Å². The molecule has 1 aliphatic heterocycles. The number of amides is 3. The molecular weight excluding hydrogens is 372 g/mol. The Bertz CT molecular complexity index is 975. The van der Waals surface area contributed by atoms with Gasteiger partial charge in [-0.2, -0.15) is 0 Å². The van der Waals surface area contributed by atoms with Crippen LogP contribution in [0, 0.1) is 0 Å². The summed E-state index contributed by atoms with van der Waals surface area (Å²) in [5.41, 5.74) is 0.807. The van der Waals surface area contributed by atoms with Crippen LogP contribution in [0.1, 0.15) is 5.56 Å². The van der Waals surface area contributed by atoms with Crippen LogP contribution in [0.3, 0.4) is 0 Å². The number of ether oxygens (including phenoxy) is 2. The number of hydrogen-bond acceptors (Lipinski definition) is 6. The van der Waals surface area contributed by atoms with Gasteiger partial charge in [0.25, 0.3) is 15.9 Å². The van der Waals surface area contributed by atoms with Crippen LogP contribution in [0.25, 0.3) is 0 Å². The lowest BCUT2D eigenvalue weighted by Crippen LogP contribution is -2.37. The van der Waals surface area contributed by atoms with E-state index in [-0.39, 0.29) is 21.4 Å². The number of methoxy groups -OCH3 is 2. The molecule has 1 saturated heterocycles. The lowest BCUT2D eigenvalue weighted by molar-refractivity contribution is -0.124. The fourth-order valence-corrected chi connectivity index (χ4v) is 4.15. The first-order valence-electron chi connectivity index (χ1n) is 8.04. The molecular formula is C18H18N2O6S. The SMILES string of the molecule is COc1ccc(S(=O)(=O)N2C(=O)N[C@@H](Cc3ccccc3)C2=O)cc1OC. The Balaban J connectivity index is 1.90. The summed E-state index contributed by atoms with van der Waals surface area (Å²) in [5.74, 6) is -0.319. The molecule has 1 heterocycles. The molecule has 27 heavy (non-hydrogen) atoms. The molecule has 0 spiro atoms. The summed E-state index contributed by atoms with van der Waals surface area (Å²) in [4.78, 5) is 24.6. The summed E-state index contributed by atoms with van der Waals surface area (Å²) in [5, 5.41) is 2.43. The second kappa shape index (κ2) is 7.28. The molecule has 0 unspecified atom stereocenters. The summed E-state index contributed by atoms with van der Waals surface area (Å²) in [6, 6.07) is 10.9. The molecule has 3 amide bonds. The predicted octanol–water partition coefficient (Wildman–Crippen LogP) is 1.56. The van der Waals surface area contributed by atoms with Crippen LogP contribution in [0.2, 0.25) is 0 Å². The summed E-state index contributed by atoms with van der Waals surface area (Å²) in [6.45, 7) is 0. The van der Waals surface area contributed by atoms with E-state index in [1.54, 1.807) is 24.3 Å². The summed E-state index contributed by atoms with van der Waals surface area (Å²) in [6.07, 6.45) is 0.198. The maximum absolute atomic E-state index is 12.9. The van der Waals surface area contributed by atoms with Crippen molar-refractivity contribution < 1.29 is 27.5 Å². The van der Waals surface area contributed by atoms with Gasteiger partial charge in [0.1, 0.15) is 6.04 Å². The maximum atomic E-state index is 12.9. The molecule has 0 bridgehead atoms. The second-order valence-electron chi connectivity index (χ2n) is 5.82. The highest BCUT2D eigenvalue weighted by Gasteiger charge is 2.46. The highest BCUT2D eigenvalue weighted by molar-refractivity contribution is 7.90. The predicted molar refractivity (Wildman–Crippen MR) is 96.0 cm³/mol. The number of urea groups is 1. The fraction of sp³-hybridized carbons (Fsp3) is 0.222. The third kappa shape index (κ3) is 3.45. The molecule has 142 valence electrons. The number of nitrogens with zero attached hydrogens (tertiary/aromatic N) is 1. The van der Waals surface area contributed by atoms with Gasteiger partial charge in [0.05, 0.1) is 19.1 Å². The Labute approximate surface area is 156 Å². The van der Waals surface area contributed by atoms with Gasteiger partial charge in [-0.1, -0.05) is 30.3 Å². The number of benzene rings is 2. The van der Waals surface area contributed by atoms with Gasteiger partial charge >= 0.3 is 6.03 Å². The normalized spacial score (nSPS) is 17.0. The number of hydrogen-bond donors (Lipinski definition) is 1. The zero-order valence-electron chi connectivity index (χ0n) is 14.7. The smallest absolute Gasteiger partial charge is 0.339 e. The van der Waals surface area contributed by atoms with Gasteiger partial charge in [0, 0.05) is 12.5 Å². The Kier molecular flexibility index (Phi) is 5.04. The molecule has 3 rings (SSSR count). The topological polar surface area (TPSA) is 102 Å². The van der Waals surface area contributed by atoms with Crippen molar-refractivity contribution >= 4 is 22.0 Å². The molecule has 8 nitrogen and oxygen atoms in total. The second-order valence-corrected chi connectivity index (χ2v) is 7.60. The molecule has 0 radical (unpaired) electrons. The average Bonchev–Trinajstić information content (AvgIpc) is 2.95. The van der Waals surface area contributed by atoms with Crippen molar-refractivity contribution in [1.29, 1.82) is 0 Å². The van der Waals surface area contributed by atoms with E-state index in [4.69, 9.17) is 9.47 Å². The van der Waals surface area contributed by atoms with Crippen LogP contribution in [0.4, 0.5) is 4.79 Å². The fourth-order valence-electron chi connectivity index (χ4n) is 2.81. The molecule has 9 heteroatoms. The molecule has 2 aromatic carbocycles. The zero-order chi connectivity index (χ0) is 19.6. The zero-order valence-corrected chi connectivity index (χ0v) is 15.5. The number of carbonyl (C=O) groups excluding carboxylic acids is 2. The van der Waals surface area contributed by atoms with Crippen molar-refractivity contribution in [2.24, 2.45) is 0 Å². The van der Waals surface area contributed by atoms with Crippen molar-refractivity contribution in [2.45, 2.75) is 17.4 Å². The van der Waals surface area contributed by atoms with E-state index in [9.17, 15) is 18.0 Å². The first-order valence-corrected chi connectivity index (χ1v) is 9.48. The van der Waals surface area contributed by atoms with Crippen molar-refractivity contribution in [3.8, 4) is 11.5 Å². The van der Waals surface area contributed by atoms with E-state index in [2.05, 4.69) is 5.32 Å². The van der Waals surface area contributed by atoms with Crippen LogP contribution in [-0.2, 0) is 21.2 Å². The van der Waals surface area contributed by atoms with Crippen molar-refractivity contribution in [2.75, 3.05) is 14.2 Å². The maximum Gasteiger partial charge on any atom is 0.339 e. The molecule has 0 saturated carbocycles. The summed E-state index contributed by atoms with van der Waals surface area (Å²) >= 11 is 0. The average molecular weight is 390 g/mol. The molecule has 0 aromatic heterocycles. The Hall–Kier alpha value is -3.07. The standard InChI is InChI=1S/C18H18N2O6S/c1-25-15-9-8-13(11-16(15)26-2)27(23,24)20-17(21)14(19-18(20)22)10-12-6-4-3-5-7-12/h3-9,11,14H,10H2,1-2H3,(H,19,22)/t14-/m0/s1. The largest absolute Gasteiger partial charge is 0.493 e. The Morgan fingerprint density at radius 2 is 1.67 bits per heavy atom. The van der Waals surface area contributed by atoms with E-state index in [0.717, 1.165) is 5.56 Å². The lowest BCUT2D eigenvalue weighted by atomic mass is 10.1. The van der Waals surface area contributed by atoms with Crippen molar-refractivity contribution in [3.63, 3.8) is 0 Å². The highest BCUT2D eigenvalue weighted by atomic mass is 32.2. The van der Waals surface area contributed by atoms with Gasteiger partial charge in [-0.3, -0.25) is 4.79 Å². The first-order chi connectivity index (χ1) is 12.9. The van der Waals surface area contributed by atoms with Crippen LogP contribution >= 0.6 is 0 Å².